The highest BCUT2D eigenvalue weighted by molar-refractivity contribution is 8.13. The van der Waals surface area contributed by atoms with Crippen LogP contribution in [0.5, 0.6) is 0 Å². The van der Waals surface area contributed by atoms with Crippen molar-refractivity contribution in [1.29, 1.82) is 0 Å². The Kier molecular flexibility index (Phi) is 1.41. The molecule has 2 aliphatic rings. The van der Waals surface area contributed by atoms with E-state index in [9.17, 15) is 0 Å². The maximum Gasteiger partial charge on any atom is 0.187 e. The van der Waals surface area contributed by atoms with Crippen molar-refractivity contribution >= 4 is 23.0 Å². The van der Waals surface area contributed by atoms with Gasteiger partial charge in [0, 0.05) is 13.0 Å². The Morgan fingerprint density at radius 2 is 2.60 bits per heavy atom. The number of rotatable bonds is 1. The van der Waals surface area contributed by atoms with Crippen LogP contribution < -0.4 is 0 Å². The molecule has 10 heavy (non-hydrogen) atoms. The lowest BCUT2D eigenvalue weighted by atomic mass is 10.4. The second-order valence-corrected chi connectivity index (χ2v) is 3.00. The first-order chi connectivity index (χ1) is 4.92. The number of nitrogens with zero attached hydrogens (tertiary/aromatic N) is 3. The molecule has 0 spiro atoms. The normalized spacial score (nSPS) is 22.7. The van der Waals surface area contributed by atoms with E-state index in [1.54, 1.807) is 0 Å². The zero-order chi connectivity index (χ0) is 6.97. The van der Waals surface area contributed by atoms with Crippen molar-refractivity contribution in [3.8, 4) is 0 Å². The molecule has 3 nitrogen and oxygen atoms in total. The number of hydrogen-bond acceptors (Lipinski definition) is 4. The molecular formula is C6H9N3S. The monoisotopic (exact) mass is 155 g/mol. The van der Waals surface area contributed by atoms with Crippen LogP contribution in [0, 0.1) is 0 Å². The smallest absolute Gasteiger partial charge is 0.187 e. The molecule has 4 heteroatoms. The highest BCUT2D eigenvalue weighted by atomic mass is 32.2. The van der Waals surface area contributed by atoms with Crippen molar-refractivity contribution in [2.24, 2.45) is 9.39 Å². The molecule has 0 bridgehead atoms. The molecule has 0 unspecified atom stereocenters. The maximum atomic E-state index is 4.29. The van der Waals surface area contributed by atoms with Gasteiger partial charge in [-0.05, 0) is 0 Å². The number of amidine groups is 2. The predicted octanol–water partition coefficient (Wildman–Crippen LogP) is 1.13. The first kappa shape index (κ1) is 6.22. The third-order valence-corrected chi connectivity index (χ3v) is 2.48. The first-order valence-corrected chi connectivity index (χ1v) is 4.25. The molecule has 0 aromatic rings. The summed E-state index contributed by atoms with van der Waals surface area (Å²) in [6, 6.07) is 0. The minimum atomic E-state index is 0.946. The summed E-state index contributed by atoms with van der Waals surface area (Å²) in [5.74, 6) is 1.18. The minimum absolute atomic E-state index is 0.946. The number of aliphatic imine (C=N–C) groups is 1. The van der Waals surface area contributed by atoms with Gasteiger partial charge in [-0.25, -0.2) is 0 Å². The van der Waals surface area contributed by atoms with Gasteiger partial charge in [-0.3, -0.25) is 4.99 Å². The molecule has 2 rings (SSSR count). The molecule has 2 heterocycles. The molecule has 0 aromatic carbocycles. The average molecular weight is 155 g/mol. The molecule has 0 amide bonds. The van der Waals surface area contributed by atoms with E-state index in [0.29, 0.717) is 0 Å². The molecule has 0 N–H and O–H groups in total. The summed E-state index contributed by atoms with van der Waals surface area (Å²) in [7, 11) is 0. The van der Waals surface area contributed by atoms with Crippen molar-refractivity contribution < 1.29 is 0 Å². The lowest BCUT2D eigenvalue weighted by Gasteiger charge is -2.11. The van der Waals surface area contributed by atoms with E-state index < -0.39 is 0 Å². The molecule has 0 radical (unpaired) electrons. The van der Waals surface area contributed by atoms with Crippen LogP contribution in [0.1, 0.15) is 13.3 Å². The molecule has 54 valence electrons. The molecule has 0 atom stereocenters. The second kappa shape index (κ2) is 2.27. The summed E-state index contributed by atoms with van der Waals surface area (Å²) in [5.41, 5.74) is 0. The zero-order valence-electron chi connectivity index (χ0n) is 5.87. The highest BCUT2D eigenvalue weighted by Crippen LogP contribution is 2.24. The number of fused-ring (bicyclic) bond motifs is 1. The predicted molar refractivity (Wildman–Crippen MR) is 44.3 cm³/mol. The molecule has 0 aliphatic carbocycles. The van der Waals surface area contributed by atoms with Gasteiger partial charge in [0.05, 0.1) is 18.5 Å². The third-order valence-electron chi connectivity index (χ3n) is 1.66. The molecule has 0 aromatic heterocycles. The summed E-state index contributed by atoms with van der Waals surface area (Å²) < 4.78 is 4.27. The summed E-state index contributed by atoms with van der Waals surface area (Å²) in [6.07, 6.45) is 1.02. The Morgan fingerprint density at radius 1 is 1.70 bits per heavy atom. The van der Waals surface area contributed by atoms with Gasteiger partial charge >= 0.3 is 0 Å². The Balaban J connectivity index is 2.20. The van der Waals surface area contributed by atoms with Crippen LogP contribution in [0.25, 0.3) is 0 Å². The Bertz CT molecular complexity index is 209. The van der Waals surface area contributed by atoms with Crippen molar-refractivity contribution in [3.63, 3.8) is 0 Å². The SMILES string of the molecule is CCC1=NSC2=NCCN12. The Hall–Kier alpha value is -0.510. The van der Waals surface area contributed by atoms with Crippen LogP contribution in [0.4, 0.5) is 0 Å². The highest BCUT2D eigenvalue weighted by Gasteiger charge is 2.26. The maximum absolute atomic E-state index is 4.29. The topological polar surface area (TPSA) is 28.0 Å². The molecule has 0 saturated heterocycles. The summed E-state index contributed by atoms with van der Waals surface area (Å²) in [6.45, 7) is 4.11. The van der Waals surface area contributed by atoms with Gasteiger partial charge in [0.1, 0.15) is 5.84 Å². The average Bonchev–Trinajstić information content (AvgIpc) is 2.44. The largest absolute Gasteiger partial charge is 0.305 e. The summed E-state index contributed by atoms with van der Waals surface area (Å²) in [5, 5.41) is 1.09. The van der Waals surface area contributed by atoms with E-state index in [4.69, 9.17) is 0 Å². The second-order valence-electron chi connectivity index (χ2n) is 2.27. The van der Waals surface area contributed by atoms with E-state index in [2.05, 4.69) is 21.2 Å². The van der Waals surface area contributed by atoms with E-state index in [1.165, 1.54) is 17.8 Å². The van der Waals surface area contributed by atoms with Crippen LogP contribution >= 0.6 is 11.9 Å². The fourth-order valence-corrected chi connectivity index (χ4v) is 2.00. The van der Waals surface area contributed by atoms with Gasteiger partial charge < -0.3 is 4.90 Å². The quantitative estimate of drug-likeness (QED) is 0.531. The Labute approximate surface area is 64.4 Å². The van der Waals surface area contributed by atoms with Gasteiger partial charge in [-0.2, -0.15) is 4.40 Å². The van der Waals surface area contributed by atoms with Gasteiger partial charge in [-0.1, -0.05) is 6.92 Å². The van der Waals surface area contributed by atoms with E-state index in [1.807, 2.05) is 0 Å². The van der Waals surface area contributed by atoms with Crippen LogP contribution in [-0.4, -0.2) is 29.0 Å². The van der Waals surface area contributed by atoms with Crippen molar-refractivity contribution in [1.82, 2.24) is 4.90 Å². The van der Waals surface area contributed by atoms with Crippen LogP contribution in [0.2, 0.25) is 0 Å². The van der Waals surface area contributed by atoms with Gasteiger partial charge in [0.2, 0.25) is 0 Å². The lowest BCUT2D eigenvalue weighted by Crippen LogP contribution is -2.27. The fourth-order valence-electron chi connectivity index (χ4n) is 1.14. The molecule has 0 saturated carbocycles. The lowest BCUT2D eigenvalue weighted by molar-refractivity contribution is 0.665. The van der Waals surface area contributed by atoms with E-state index >= 15 is 0 Å². The van der Waals surface area contributed by atoms with E-state index in [0.717, 1.165) is 24.7 Å². The van der Waals surface area contributed by atoms with Gasteiger partial charge in [0.25, 0.3) is 0 Å². The van der Waals surface area contributed by atoms with Gasteiger partial charge in [-0.15, -0.1) is 0 Å². The minimum Gasteiger partial charge on any atom is -0.305 e. The molecule has 0 fully saturated rings. The summed E-state index contributed by atoms with van der Waals surface area (Å²) in [4.78, 5) is 6.49. The van der Waals surface area contributed by atoms with Crippen LogP contribution in [0.15, 0.2) is 9.39 Å². The Morgan fingerprint density at radius 3 is 3.40 bits per heavy atom. The van der Waals surface area contributed by atoms with Crippen LogP contribution in [-0.2, 0) is 0 Å². The first-order valence-electron chi connectivity index (χ1n) is 3.47. The molecule has 2 aliphatic heterocycles. The number of hydrogen-bond donors (Lipinski definition) is 0. The van der Waals surface area contributed by atoms with Crippen molar-refractivity contribution in [2.75, 3.05) is 13.1 Å². The van der Waals surface area contributed by atoms with Crippen molar-refractivity contribution in [3.05, 3.63) is 0 Å². The summed E-state index contributed by atoms with van der Waals surface area (Å²) >= 11 is 1.51. The zero-order valence-corrected chi connectivity index (χ0v) is 6.69. The van der Waals surface area contributed by atoms with E-state index in [-0.39, 0.29) is 0 Å². The standard InChI is InChI=1S/C6H9N3S/c1-2-5-8-10-6-7-3-4-9(5)6/h2-4H2,1H3. The van der Waals surface area contributed by atoms with Gasteiger partial charge in [0.15, 0.2) is 5.17 Å². The fraction of sp³-hybridized carbons (Fsp3) is 0.667. The van der Waals surface area contributed by atoms with Crippen LogP contribution in [0.3, 0.4) is 0 Å². The van der Waals surface area contributed by atoms with Crippen molar-refractivity contribution in [2.45, 2.75) is 13.3 Å². The third kappa shape index (κ3) is 0.751. The molecular weight excluding hydrogens is 146 g/mol.